The molecule has 0 radical (unpaired) electrons. The Morgan fingerprint density at radius 3 is 2.61 bits per heavy atom. The molecule has 1 nitrogen and oxygen atoms in total. The molecule has 1 N–H and O–H groups in total. The lowest BCUT2D eigenvalue weighted by molar-refractivity contribution is 0.451. The summed E-state index contributed by atoms with van der Waals surface area (Å²) in [6.07, 6.45) is 1.81. The van der Waals surface area contributed by atoms with E-state index in [0.717, 1.165) is 36.0 Å². The lowest BCUT2D eigenvalue weighted by Crippen LogP contribution is -2.25. The SMILES string of the molecule is CC(C)CNCC(C)CCc1cc(Br)ccc1F. The Morgan fingerprint density at radius 1 is 1.22 bits per heavy atom. The second kappa shape index (κ2) is 7.90. The second-order valence-corrected chi connectivity index (χ2v) is 6.35. The van der Waals surface area contributed by atoms with Crippen LogP contribution in [0.3, 0.4) is 0 Å². The highest BCUT2D eigenvalue weighted by Gasteiger charge is 2.07. The van der Waals surface area contributed by atoms with Crippen molar-refractivity contribution in [3.8, 4) is 0 Å². The third-order valence-corrected chi connectivity index (χ3v) is 3.45. The van der Waals surface area contributed by atoms with Crippen LogP contribution in [0.5, 0.6) is 0 Å². The van der Waals surface area contributed by atoms with Gasteiger partial charge in [-0.1, -0.05) is 36.7 Å². The maximum absolute atomic E-state index is 13.5. The zero-order valence-corrected chi connectivity index (χ0v) is 13.1. The Morgan fingerprint density at radius 2 is 1.94 bits per heavy atom. The zero-order valence-electron chi connectivity index (χ0n) is 11.5. The second-order valence-electron chi connectivity index (χ2n) is 5.43. The molecule has 0 saturated carbocycles. The number of halogens is 2. The fraction of sp³-hybridized carbons (Fsp3) is 0.600. The molecule has 0 heterocycles. The summed E-state index contributed by atoms with van der Waals surface area (Å²) in [7, 11) is 0. The molecular formula is C15H23BrFN. The van der Waals surface area contributed by atoms with Gasteiger partial charge in [-0.25, -0.2) is 4.39 Å². The predicted molar refractivity (Wildman–Crippen MR) is 79.3 cm³/mol. The first-order valence-electron chi connectivity index (χ1n) is 6.63. The van der Waals surface area contributed by atoms with Gasteiger partial charge in [-0.2, -0.15) is 0 Å². The molecule has 1 unspecified atom stereocenters. The van der Waals surface area contributed by atoms with E-state index in [-0.39, 0.29) is 5.82 Å². The summed E-state index contributed by atoms with van der Waals surface area (Å²) in [5.41, 5.74) is 0.806. The zero-order chi connectivity index (χ0) is 13.5. The fourth-order valence-corrected chi connectivity index (χ4v) is 2.27. The standard InChI is InChI=1S/C15H23BrFN/c1-11(2)9-18-10-12(3)4-5-13-8-14(16)6-7-15(13)17/h6-8,11-12,18H,4-5,9-10H2,1-3H3. The number of hydrogen-bond acceptors (Lipinski definition) is 1. The highest BCUT2D eigenvalue weighted by molar-refractivity contribution is 9.10. The lowest BCUT2D eigenvalue weighted by atomic mass is 10.0. The van der Waals surface area contributed by atoms with Crippen molar-refractivity contribution in [3.05, 3.63) is 34.1 Å². The summed E-state index contributed by atoms with van der Waals surface area (Å²) in [4.78, 5) is 0. The van der Waals surface area contributed by atoms with Crippen LogP contribution < -0.4 is 5.32 Å². The van der Waals surface area contributed by atoms with Crippen LogP contribution in [0.15, 0.2) is 22.7 Å². The van der Waals surface area contributed by atoms with Crippen molar-refractivity contribution in [2.24, 2.45) is 11.8 Å². The van der Waals surface area contributed by atoms with Crippen LogP contribution in [0.1, 0.15) is 32.8 Å². The number of hydrogen-bond donors (Lipinski definition) is 1. The van der Waals surface area contributed by atoms with E-state index in [9.17, 15) is 4.39 Å². The molecule has 1 atom stereocenters. The number of rotatable bonds is 7. The lowest BCUT2D eigenvalue weighted by Gasteiger charge is -2.14. The summed E-state index contributed by atoms with van der Waals surface area (Å²) in [6.45, 7) is 8.68. The van der Waals surface area contributed by atoms with Crippen LogP contribution in [0.2, 0.25) is 0 Å². The van der Waals surface area contributed by atoms with Crippen molar-refractivity contribution in [3.63, 3.8) is 0 Å². The molecule has 0 spiro atoms. The van der Waals surface area contributed by atoms with Gasteiger partial charge in [-0.05, 0) is 61.5 Å². The van der Waals surface area contributed by atoms with Gasteiger partial charge in [-0.15, -0.1) is 0 Å². The fourth-order valence-electron chi connectivity index (χ4n) is 1.86. The van der Waals surface area contributed by atoms with Gasteiger partial charge >= 0.3 is 0 Å². The van der Waals surface area contributed by atoms with Crippen LogP contribution in [0.25, 0.3) is 0 Å². The van der Waals surface area contributed by atoms with E-state index in [0.29, 0.717) is 11.8 Å². The highest BCUT2D eigenvalue weighted by atomic mass is 79.9. The molecule has 1 rings (SSSR count). The molecular weight excluding hydrogens is 293 g/mol. The summed E-state index contributed by atoms with van der Waals surface area (Å²) < 4.78 is 14.5. The summed E-state index contributed by atoms with van der Waals surface area (Å²) in [6, 6.07) is 5.15. The van der Waals surface area contributed by atoms with Crippen molar-refractivity contribution >= 4 is 15.9 Å². The summed E-state index contributed by atoms with van der Waals surface area (Å²) in [5, 5.41) is 3.44. The van der Waals surface area contributed by atoms with E-state index in [1.165, 1.54) is 6.07 Å². The number of nitrogens with one attached hydrogen (secondary N) is 1. The smallest absolute Gasteiger partial charge is 0.126 e. The number of benzene rings is 1. The minimum absolute atomic E-state index is 0.0967. The van der Waals surface area contributed by atoms with Crippen LogP contribution in [-0.2, 0) is 6.42 Å². The summed E-state index contributed by atoms with van der Waals surface area (Å²) >= 11 is 3.38. The van der Waals surface area contributed by atoms with Gasteiger partial charge in [0, 0.05) is 4.47 Å². The first-order valence-corrected chi connectivity index (χ1v) is 7.43. The van der Waals surface area contributed by atoms with E-state index >= 15 is 0 Å². The Hall–Kier alpha value is -0.410. The van der Waals surface area contributed by atoms with Gasteiger partial charge in [0.15, 0.2) is 0 Å². The maximum atomic E-state index is 13.5. The molecule has 18 heavy (non-hydrogen) atoms. The van der Waals surface area contributed by atoms with Gasteiger partial charge < -0.3 is 5.32 Å². The normalized spacial score (nSPS) is 13.0. The van der Waals surface area contributed by atoms with Gasteiger partial charge in [0.05, 0.1) is 0 Å². The third-order valence-electron chi connectivity index (χ3n) is 2.96. The Kier molecular flexibility index (Phi) is 6.87. The molecule has 3 heteroatoms. The van der Waals surface area contributed by atoms with Gasteiger partial charge in [0.1, 0.15) is 5.82 Å². The van der Waals surface area contributed by atoms with Crippen molar-refractivity contribution in [2.75, 3.05) is 13.1 Å². The Bertz CT molecular complexity index is 366. The van der Waals surface area contributed by atoms with Gasteiger partial charge in [0.2, 0.25) is 0 Å². The molecule has 0 amide bonds. The van der Waals surface area contributed by atoms with E-state index in [4.69, 9.17) is 0 Å². The number of aryl methyl sites for hydroxylation is 1. The molecule has 0 aromatic heterocycles. The molecule has 0 saturated heterocycles. The van der Waals surface area contributed by atoms with E-state index in [1.54, 1.807) is 6.07 Å². The van der Waals surface area contributed by atoms with E-state index < -0.39 is 0 Å². The van der Waals surface area contributed by atoms with Gasteiger partial charge in [0.25, 0.3) is 0 Å². The quantitative estimate of drug-likeness (QED) is 0.786. The maximum Gasteiger partial charge on any atom is 0.126 e. The van der Waals surface area contributed by atoms with Crippen molar-refractivity contribution in [2.45, 2.75) is 33.6 Å². The average Bonchev–Trinajstić information content (AvgIpc) is 2.30. The van der Waals surface area contributed by atoms with Crippen LogP contribution in [-0.4, -0.2) is 13.1 Å². The van der Waals surface area contributed by atoms with Crippen LogP contribution in [0.4, 0.5) is 4.39 Å². The third kappa shape index (κ3) is 5.96. The molecule has 0 aliphatic carbocycles. The highest BCUT2D eigenvalue weighted by Crippen LogP contribution is 2.18. The Balaban J connectivity index is 2.33. The first kappa shape index (κ1) is 15.6. The van der Waals surface area contributed by atoms with Crippen molar-refractivity contribution < 1.29 is 4.39 Å². The Labute approximate surface area is 118 Å². The summed E-state index contributed by atoms with van der Waals surface area (Å²) in [5.74, 6) is 1.15. The minimum Gasteiger partial charge on any atom is -0.316 e. The van der Waals surface area contributed by atoms with Crippen molar-refractivity contribution in [1.29, 1.82) is 0 Å². The monoisotopic (exact) mass is 315 g/mol. The molecule has 0 bridgehead atoms. The van der Waals surface area contributed by atoms with Crippen LogP contribution in [0, 0.1) is 17.7 Å². The molecule has 0 fully saturated rings. The minimum atomic E-state index is -0.0967. The molecule has 1 aromatic rings. The van der Waals surface area contributed by atoms with E-state index in [2.05, 4.69) is 42.0 Å². The van der Waals surface area contributed by atoms with Crippen molar-refractivity contribution in [1.82, 2.24) is 5.32 Å². The molecule has 1 aromatic carbocycles. The first-order chi connectivity index (χ1) is 8.49. The molecule has 0 aliphatic heterocycles. The largest absolute Gasteiger partial charge is 0.316 e. The average molecular weight is 316 g/mol. The van der Waals surface area contributed by atoms with Crippen LogP contribution >= 0.6 is 15.9 Å². The molecule has 0 aliphatic rings. The predicted octanol–water partition coefficient (Wildman–Crippen LogP) is 4.40. The topological polar surface area (TPSA) is 12.0 Å². The van der Waals surface area contributed by atoms with Gasteiger partial charge in [-0.3, -0.25) is 0 Å². The molecule has 102 valence electrons. The van der Waals surface area contributed by atoms with E-state index in [1.807, 2.05) is 6.07 Å².